The number of carbonyl (C=O) groups is 1. The molecule has 2 aromatic carbocycles. The summed E-state index contributed by atoms with van der Waals surface area (Å²) in [6, 6.07) is 12.5. The number of aromatic nitrogens is 2. The Morgan fingerprint density at radius 3 is 2.68 bits per heavy atom. The predicted molar refractivity (Wildman–Crippen MR) is 117 cm³/mol. The molecule has 0 saturated heterocycles. The molecule has 0 fully saturated rings. The predicted octanol–water partition coefficient (Wildman–Crippen LogP) is 3.90. The van der Waals surface area contributed by atoms with Gasteiger partial charge < -0.3 is 24.5 Å². The fourth-order valence-electron chi connectivity index (χ4n) is 3.50. The van der Waals surface area contributed by atoms with Crippen molar-refractivity contribution in [2.75, 3.05) is 13.7 Å². The average Bonchev–Trinajstić information content (AvgIpc) is 3.27. The van der Waals surface area contributed by atoms with E-state index in [-0.39, 0.29) is 30.2 Å². The van der Waals surface area contributed by atoms with Crippen molar-refractivity contribution < 1.29 is 19.4 Å². The first-order valence-electron chi connectivity index (χ1n) is 9.95. The SMILES string of the molecule is COc1ccc2nc(C3=C(O)CN(Cc4ccc(C(=O)OC(C)C)cc4)C3=N)[nH]c2c1. The Balaban J connectivity index is 1.50. The van der Waals surface area contributed by atoms with Crippen LogP contribution >= 0.6 is 0 Å². The topological polar surface area (TPSA) is 112 Å². The van der Waals surface area contributed by atoms with Gasteiger partial charge >= 0.3 is 5.97 Å². The molecule has 31 heavy (non-hydrogen) atoms. The number of benzene rings is 2. The van der Waals surface area contributed by atoms with Gasteiger partial charge in [-0.1, -0.05) is 12.1 Å². The molecule has 1 aliphatic heterocycles. The largest absolute Gasteiger partial charge is 0.510 e. The van der Waals surface area contributed by atoms with Gasteiger partial charge in [0.25, 0.3) is 0 Å². The van der Waals surface area contributed by atoms with Crippen molar-refractivity contribution in [3.05, 3.63) is 65.2 Å². The number of H-pyrrole nitrogens is 1. The summed E-state index contributed by atoms with van der Waals surface area (Å²) in [7, 11) is 1.59. The highest BCUT2D eigenvalue weighted by molar-refractivity contribution is 6.23. The quantitative estimate of drug-likeness (QED) is 0.522. The Kier molecular flexibility index (Phi) is 5.37. The third-order valence-corrected chi connectivity index (χ3v) is 5.01. The molecule has 0 atom stereocenters. The smallest absolute Gasteiger partial charge is 0.338 e. The fourth-order valence-corrected chi connectivity index (χ4v) is 3.50. The van der Waals surface area contributed by atoms with Gasteiger partial charge in [0, 0.05) is 12.6 Å². The minimum Gasteiger partial charge on any atom is -0.510 e. The summed E-state index contributed by atoms with van der Waals surface area (Å²) in [6.45, 7) is 4.24. The Morgan fingerprint density at radius 1 is 1.26 bits per heavy atom. The molecular weight excluding hydrogens is 396 g/mol. The summed E-state index contributed by atoms with van der Waals surface area (Å²) < 4.78 is 10.4. The zero-order valence-corrected chi connectivity index (χ0v) is 17.6. The van der Waals surface area contributed by atoms with Gasteiger partial charge in [-0.3, -0.25) is 5.41 Å². The number of esters is 1. The zero-order chi connectivity index (χ0) is 22.1. The van der Waals surface area contributed by atoms with Crippen molar-refractivity contribution in [3.8, 4) is 5.75 Å². The number of nitrogens with one attached hydrogen (secondary N) is 2. The average molecular weight is 420 g/mol. The molecule has 0 radical (unpaired) electrons. The molecule has 8 nitrogen and oxygen atoms in total. The lowest BCUT2D eigenvalue weighted by atomic mass is 10.1. The van der Waals surface area contributed by atoms with Crippen LogP contribution in [0.25, 0.3) is 16.6 Å². The number of aromatic amines is 1. The minimum absolute atomic E-state index is 0.0909. The fraction of sp³-hybridized carbons (Fsp3) is 0.261. The Hall–Kier alpha value is -3.81. The summed E-state index contributed by atoms with van der Waals surface area (Å²) in [5.74, 6) is 1.06. The molecule has 1 aliphatic rings. The molecule has 160 valence electrons. The number of fused-ring (bicyclic) bond motifs is 1. The summed E-state index contributed by atoms with van der Waals surface area (Å²) in [6.07, 6.45) is -0.177. The van der Waals surface area contributed by atoms with Gasteiger partial charge in [-0.2, -0.15) is 0 Å². The molecule has 0 bridgehead atoms. The molecule has 0 unspecified atom stereocenters. The highest BCUT2D eigenvalue weighted by Gasteiger charge is 2.30. The first-order valence-corrected chi connectivity index (χ1v) is 9.95. The number of ether oxygens (including phenoxy) is 2. The summed E-state index contributed by atoms with van der Waals surface area (Å²) >= 11 is 0. The Labute approximate surface area is 179 Å². The summed E-state index contributed by atoms with van der Waals surface area (Å²) in [4.78, 5) is 21.4. The zero-order valence-electron chi connectivity index (χ0n) is 17.6. The highest BCUT2D eigenvalue weighted by Crippen LogP contribution is 2.29. The van der Waals surface area contributed by atoms with Crippen LogP contribution in [0.15, 0.2) is 48.2 Å². The van der Waals surface area contributed by atoms with Gasteiger partial charge in [-0.15, -0.1) is 0 Å². The van der Waals surface area contributed by atoms with E-state index in [2.05, 4.69) is 9.97 Å². The van der Waals surface area contributed by atoms with E-state index in [0.29, 0.717) is 29.3 Å². The standard InChI is InChI=1S/C23H24N4O4/c1-13(2)31-23(29)15-6-4-14(5-7-15)11-27-12-19(28)20(21(27)24)22-25-17-9-8-16(30-3)10-18(17)26-22/h4-10,13,24,28H,11-12H2,1-3H3,(H,25,26). The van der Waals surface area contributed by atoms with Crippen LogP contribution in [0, 0.1) is 5.41 Å². The van der Waals surface area contributed by atoms with Crippen LogP contribution in [0.3, 0.4) is 0 Å². The van der Waals surface area contributed by atoms with E-state index in [1.54, 1.807) is 38.0 Å². The second kappa shape index (κ2) is 8.14. The van der Waals surface area contributed by atoms with Gasteiger partial charge in [0.05, 0.1) is 41.9 Å². The number of aliphatic hydroxyl groups is 1. The molecular formula is C23H24N4O4. The first kappa shape index (κ1) is 20.5. The van der Waals surface area contributed by atoms with Crippen molar-refractivity contribution in [3.63, 3.8) is 0 Å². The second-order valence-electron chi connectivity index (χ2n) is 7.65. The van der Waals surface area contributed by atoms with Crippen LogP contribution in [-0.4, -0.2) is 51.5 Å². The minimum atomic E-state index is -0.362. The molecule has 2 heterocycles. The summed E-state index contributed by atoms with van der Waals surface area (Å²) in [5.41, 5.74) is 3.27. The maximum atomic E-state index is 12.0. The number of methoxy groups -OCH3 is 1. The van der Waals surface area contributed by atoms with Gasteiger partial charge in [-0.25, -0.2) is 9.78 Å². The molecule has 8 heteroatoms. The lowest BCUT2D eigenvalue weighted by Gasteiger charge is -2.18. The van der Waals surface area contributed by atoms with Crippen LogP contribution in [0.2, 0.25) is 0 Å². The van der Waals surface area contributed by atoms with E-state index >= 15 is 0 Å². The van der Waals surface area contributed by atoms with E-state index in [1.165, 1.54) is 0 Å². The number of hydrogen-bond donors (Lipinski definition) is 3. The van der Waals surface area contributed by atoms with E-state index in [9.17, 15) is 9.90 Å². The number of nitrogens with zero attached hydrogens (tertiary/aromatic N) is 2. The third kappa shape index (κ3) is 4.09. The van der Waals surface area contributed by atoms with Gasteiger partial charge in [0.2, 0.25) is 0 Å². The molecule has 0 saturated carbocycles. The van der Waals surface area contributed by atoms with Crippen molar-refractivity contribution >= 4 is 28.4 Å². The summed E-state index contributed by atoms with van der Waals surface area (Å²) in [5, 5.41) is 19.1. The molecule has 0 spiro atoms. The van der Waals surface area contributed by atoms with Crippen LogP contribution in [-0.2, 0) is 11.3 Å². The monoisotopic (exact) mass is 420 g/mol. The van der Waals surface area contributed by atoms with Crippen LogP contribution in [0.4, 0.5) is 0 Å². The van der Waals surface area contributed by atoms with E-state index < -0.39 is 0 Å². The normalized spacial score (nSPS) is 14.1. The lowest BCUT2D eigenvalue weighted by molar-refractivity contribution is 0.0378. The molecule has 4 rings (SSSR count). The Bertz CT molecular complexity index is 1180. The van der Waals surface area contributed by atoms with E-state index in [1.807, 2.05) is 30.3 Å². The number of amidine groups is 1. The number of carbonyl (C=O) groups excluding carboxylic acids is 1. The third-order valence-electron chi connectivity index (χ3n) is 5.01. The van der Waals surface area contributed by atoms with E-state index in [0.717, 1.165) is 16.6 Å². The molecule has 3 N–H and O–H groups in total. The maximum Gasteiger partial charge on any atom is 0.338 e. The van der Waals surface area contributed by atoms with Crippen molar-refractivity contribution in [1.29, 1.82) is 5.41 Å². The van der Waals surface area contributed by atoms with Gasteiger partial charge in [0.15, 0.2) is 0 Å². The Morgan fingerprint density at radius 2 is 2.00 bits per heavy atom. The number of imidazole rings is 1. The number of aliphatic hydroxyl groups excluding tert-OH is 1. The van der Waals surface area contributed by atoms with E-state index in [4.69, 9.17) is 14.9 Å². The second-order valence-corrected chi connectivity index (χ2v) is 7.65. The van der Waals surface area contributed by atoms with Crippen LogP contribution in [0.1, 0.15) is 35.6 Å². The maximum absolute atomic E-state index is 12.0. The van der Waals surface area contributed by atoms with Crippen LogP contribution in [0.5, 0.6) is 5.75 Å². The van der Waals surface area contributed by atoms with Crippen molar-refractivity contribution in [2.45, 2.75) is 26.5 Å². The number of rotatable bonds is 6. The van der Waals surface area contributed by atoms with Crippen molar-refractivity contribution in [1.82, 2.24) is 14.9 Å². The lowest BCUT2D eigenvalue weighted by Crippen LogP contribution is -2.26. The van der Waals surface area contributed by atoms with Gasteiger partial charge in [0.1, 0.15) is 23.2 Å². The molecule has 3 aromatic rings. The molecule has 1 aromatic heterocycles. The molecule has 0 aliphatic carbocycles. The molecule has 0 amide bonds. The number of hydrogen-bond acceptors (Lipinski definition) is 6. The first-order chi connectivity index (χ1) is 14.9. The van der Waals surface area contributed by atoms with Crippen LogP contribution < -0.4 is 4.74 Å². The highest BCUT2D eigenvalue weighted by atomic mass is 16.5. The van der Waals surface area contributed by atoms with Gasteiger partial charge in [-0.05, 0) is 43.7 Å². The van der Waals surface area contributed by atoms with Crippen molar-refractivity contribution in [2.24, 2.45) is 0 Å².